The molecule has 0 heterocycles. The van der Waals surface area contributed by atoms with Crippen LogP contribution in [0.15, 0.2) is 46.9 Å². The molecule has 0 aliphatic rings. The van der Waals surface area contributed by atoms with Crippen LogP contribution in [0.5, 0.6) is 11.5 Å². The van der Waals surface area contributed by atoms with Crippen LogP contribution in [0.25, 0.3) is 0 Å². The highest BCUT2D eigenvalue weighted by Crippen LogP contribution is 2.28. The maximum Gasteiger partial charge on any atom is 0.313 e. The monoisotopic (exact) mass is 435 g/mol. The third kappa shape index (κ3) is 6.00. The zero-order chi connectivity index (χ0) is 19.8. The average molecular weight is 436 g/mol. The van der Waals surface area contributed by atoms with Gasteiger partial charge in [0.15, 0.2) is 0 Å². The van der Waals surface area contributed by atoms with Gasteiger partial charge in [-0.1, -0.05) is 15.9 Å². The predicted octanol–water partition coefficient (Wildman–Crippen LogP) is 2.16. The highest BCUT2D eigenvalue weighted by molar-refractivity contribution is 9.10. The Balaban J connectivity index is 1.88. The number of hydrogen-bond donors (Lipinski definition) is 3. The van der Waals surface area contributed by atoms with Gasteiger partial charge in [-0.05, 0) is 36.4 Å². The van der Waals surface area contributed by atoms with E-state index < -0.39 is 17.7 Å². The van der Waals surface area contributed by atoms with Crippen molar-refractivity contribution in [1.82, 2.24) is 5.32 Å². The lowest BCUT2D eigenvalue weighted by Crippen LogP contribution is -2.39. The van der Waals surface area contributed by atoms with Crippen LogP contribution >= 0.6 is 15.9 Å². The Hall–Kier alpha value is -3.07. The third-order valence-corrected chi connectivity index (χ3v) is 3.93. The molecule has 0 atom stereocenters. The van der Waals surface area contributed by atoms with Crippen LogP contribution in [-0.2, 0) is 14.4 Å². The van der Waals surface area contributed by atoms with Gasteiger partial charge in [-0.2, -0.15) is 0 Å². The van der Waals surface area contributed by atoms with Gasteiger partial charge < -0.3 is 25.4 Å². The number of benzene rings is 2. The lowest BCUT2D eigenvalue weighted by Gasteiger charge is -2.12. The van der Waals surface area contributed by atoms with Crippen molar-refractivity contribution in [1.29, 1.82) is 0 Å². The summed E-state index contributed by atoms with van der Waals surface area (Å²) in [5, 5.41) is 7.28. The van der Waals surface area contributed by atoms with E-state index in [0.717, 1.165) is 4.47 Å². The van der Waals surface area contributed by atoms with Crippen molar-refractivity contribution in [2.75, 3.05) is 31.4 Å². The van der Waals surface area contributed by atoms with Gasteiger partial charge in [0.2, 0.25) is 5.91 Å². The minimum absolute atomic E-state index is 0.382. The Morgan fingerprint density at radius 3 is 2.26 bits per heavy atom. The number of carbonyl (C=O) groups excluding carboxylic acids is 3. The van der Waals surface area contributed by atoms with E-state index in [1.165, 1.54) is 14.2 Å². The molecule has 0 aliphatic heterocycles. The molecule has 142 valence electrons. The fourth-order valence-electron chi connectivity index (χ4n) is 2.07. The summed E-state index contributed by atoms with van der Waals surface area (Å²) in [6.45, 7) is -0.382. The molecule has 0 bridgehead atoms. The first-order valence-corrected chi connectivity index (χ1v) is 8.59. The van der Waals surface area contributed by atoms with Crippen LogP contribution in [0.4, 0.5) is 11.4 Å². The second kappa shape index (κ2) is 9.58. The number of methoxy groups -OCH3 is 2. The lowest BCUT2D eigenvalue weighted by atomic mass is 10.2. The average Bonchev–Trinajstić information content (AvgIpc) is 2.67. The van der Waals surface area contributed by atoms with Gasteiger partial charge in [0.05, 0.1) is 26.5 Å². The highest BCUT2D eigenvalue weighted by Gasteiger charge is 2.16. The van der Waals surface area contributed by atoms with Crippen LogP contribution < -0.4 is 25.4 Å². The molecule has 3 N–H and O–H groups in total. The SMILES string of the molecule is COc1ccc(OC)c(NC(=O)CNC(=O)C(=O)Nc2ccc(Br)cc2)c1. The van der Waals surface area contributed by atoms with Crippen LogP contribution in [0.1, 0.15) is 0 Å². The summed E-state index contributed by atoms with van der Waals surface area (Å²) in [4.78, 5) is 35.7. The molecule has 0 unspecified atom stereocenters. The minimum Gasteiger partial charge on any atom is -0.497 e. The quantitative estimate of drug-likeness (QED) is 0.602. The molecular formula is C18H18BrN3O5. The van der Waals surface area contributed by atoms with E-state index in [9.17, 15) is 14.4 Å². The first-order valence-electron chi connectivity index (χ1n) is 7.79. The molecule has 0 radical (unpaired) electrons. The minimum atomic E-state index is -0.925. The number of nitrogens with one attached hydrogen (secondary N) is 3. The summed E-state index contributed by atoms with van der Waals surface area (Å²) < 4.78 is 11.1. The van der Waals surface area contributed by atoms with Crippen molar-refractivity contribution in [3.05, 3.63) is 46.9 Å². The molecule has 2 rings (SSSR count). The van der Waals surface area contributed by atoms with Crippen LogP contribution in [0.3, 0.4) is 0 Å². The van der Waals surface area contributed by atoms with Gasteiger partial charge >= 0.3 is 11.8 Å². The van der Waals surface area contributed by atoms with Gasteiger partial charge in [-0.25, -0.2) is 0 Å². The molecule has 2 aromatic carbocycles. The molecule has 0 spiro atoms. The van der Waals surface area contributed by atoms with Crippen molar-refractivity contribution in [3.63, 3.8) is 0 Å². The van der Waals surface area contributed by atoms with Crippen molar-refractivity contribution >= 4 is 45.0 Å². The number of amides is 3. The van der Waals surface area contributed by atoms with Crippen molar-refractivity contribution in [2.24, 2.45) is 0 Å². The van der Waals surface area contributed by atoms with Gasteiger partial charge in [0.1, 0.15) is 11.5 Å². The summed E-state index contributed by atoms with van der Waals surface area (Å²) in [6.07, 6.45) is 0. The first kappa shape index (κ1) is 20.2. The third-order valence-electron chi connectivity index (χ3n) is 3.40. The summed E-state index contributed by atoms with van der Waals surface area (Å²) in [6, 6.07) is 11.6. The topological polar surface area (TPSA) is 106 Å². The molecule has 8 nitrogen and oxygen atoms in total. The molecule has 0 aromatic heterocycles. The number of ether oxygens (including phenoxy) is 2. The first-order chi connectivity index (χ1) is 12.9. The van der Waals surface area contributed by atoms with Gasteiger partial charge in [-0.3, -0.25) is 14.4 Å². The maximum absolute atomic E-state index is 12.0. The van der Waals surface area contributed by atoms with Crippen LogP contribution in [-0.4, -0.2) is 38.5 Å². The summed E-state index contributed by atoms with van der Waals surface area (Å²) >= 11 is 3.27. The summed E-state index contributed by atoms with van der Waals surface area (Å²) in [5.74, 6) is -1.35. The van der Waals surface area contributed by atoms with Crippen LogP contribution in [0, 0.1) is 0 Å². The Labute approximate surface area is 164 Å². The predicted molar refractivity (Wildman–Crippen MR) is 104 cm³/mol. The van der Waals surface area contributed by atoms with E-state index in [1.807, 2.05) is 0 Å². The molecule has 0 aliphatic carbocycles. The standard InChI is InChI=1S/C18H18BrN3O5/c1-26-13-7-8-15(27-2)14(9-13)22-16(23)10-20-17(24)18(25)21-12-5-3-11(19)4-6-12/h3-9H,10H2,1-2H3,(H,20,24)(H,21,25)(H,22,23). The van der Waals surface area contributed by atoms with Crippen molar-refractivity contribution in [2.45, 2.75) is 0 Å². The smallest absolute Gasteiger partial charge is 0.313 e. The molecule has 9 heteroatoms. The summed E-state index contributed by atoms with van der Waals surface area (Å²) in [7, 11) is 2.96. The van der Waals surface area contributed by atoms with Gasteiger partial charge in [-0.15, -0.1) is 0 Å². The number of anilines is 2. The molecule has 3 amide bonds. The maximum atomic E-state index is 12.0. The Morgan fingerprint density at radius 2 is 1.63 bits per heavy atom. The van der Waals surface area contributed by atoms with E-state index in [-0.39, 0.29) is 6.54 Å². The van der Waals surface area contributed by atoms with Crippen molar-refractivity contribution < 1.29 is 23.9 Å². The van der Waals surface area contributed by atoms with E-state index >= 15 is 0 Å². The molecular weight excluding hydrogens is 418 g/mol. The normalized spacial score (nSPS) is 9.89. The van der Waals surface area contributed by atoms with Gasteiger partial charge in [0, 0.05) is 16.2 Å². The largest absolute Gasteiger partial charge is 0.497 e. The number of halogens is 1. The molecule has 0 saturated heterocycles. The number of carbonyl (C=O) groups is 3. The zero-order valence-corrected chi connectivity index (χ0v) is 16.3. The molecule has 0 fully saturated rings. The van der Waals surface area contributed by atoms with E-state index in [4.69, 9.17) is 9.47 Å². The molecule has 2 aromatic rings. The second-order valence-corrected chi connectivity index (χ2v) is 6.17. The number of rotatable bonds is 6. The Kier molecular flexibility index (Phi) is 7.18. The fourth-order valence-corrected chi connectivity index (χ4v) is 2.33. The fraction of sp³-hybridized carbons (Fsp3) is 0.167. The van der Waals surface area contributed by atoms with E-state index in [1.54, 1.807) is 42.5 Å². The molecule has 27 heavy (non-hydrogen) atoms. The highest BCUT2D eigenvalue weighted by atomic mass is 79.9. The lowest BCUT2D eigenvalue weighted by molar-refractivity contribution is -0.136. The van der Waals surface area contributed by atoms with Crippen molar-refractivity contribution in [3.8, 4) is 11.5 Å². The molecule has 0 saturated carbocycles. The number of hydrogen-bond acceptors (Lipinski definition) is 5. The van der Waals surface area contributed by atoms with E-state index in [0.29, 0.717) is 22.9 Å². The summed E-state index contributed by atoms with van der Waals surface area (Å²) in [5.41, 5.74) is 0.847. The second-order valence-electron chi connectivity index (χ2n) is 5.26. The zero-order valence-electron chi connectivity index (χ0n) is 14.7. The Morgan fingerprint density at radius 1 is 0.926 bits per heavy atom. The van der Waals surface area contributed by atoms with Gasteiger partial charge in [0.25, 0.3) is 0 Å². The Bertz CT molecular complexity index is 839. The van der Waals surface area contributed by atoms with E-state index in [2.05, 4.69) is 31.9 Å². The van der Waals surface area contributed by atoms with Crippen LogP contribution in [0.2, 0.25) is 0 Å².